The summed E-state index contributed by atoms with van der Waals surface area (Å²) < 4.78 is 15.6. The van der Waals surface area contributed by atoms with Crippen LogP contribution in [0.5, 0.6) is 11.5 Å². The van der Waals surface area contributed by atoms with Crippen molar-refractivity contribution in [1.82, 2.24) is 0 Å². The molecule has 2 rings (SSSR count). The molecule has 0 radical (unpaired) electrons. The van der Waals surface area contributed by atoms with Crippen molar-refractivity contribution in [2.75, 3.05) is 19.5 Å². The number of carbonyl (C=O) groups excluding carboxylic acids is 2. The van der Waals surface area contributed by atoms with E-state index in [4.69, 9.17) is 25.8 Å². The Bertz CT molecular complexity index is 799. The first-order valence-corrected chi connectivity index (χ1v) is 8.24. The van der Waals surface area contributed by atoms with Crippen LogP contribution < -0.4 is 14.8 Å². The van der Waals surface area contributed by atoms with E-state index in [2.05, 4.69) is 5.32 Å². The molecule has 0 bridgehead atoms. The van der Waals surface area contributed by atoms with Crippen LogP contribution in [0, 0.1) is 6.92 Å². The molecule has 6 nitrogen and oxygen atoms in total. The van der Waals surface area contributed by atoms with Crippen molar-refractivity contribution >= 4 is 29.2 Å². The Kier molecular flexibility index (Phi) is 6.46. The van der Waals surface area contributed by atoms with Gasteiger partial charge in [0, 0.05) is 10.7 Å². The SMILES string of the molecule is COc1cccc(OC)c1C(=O)O[C@H](C)C(=O)Nc1cc(Cl)ccc1C. The van der Waals surface area contributed by atoms with Crippen molar-refractivity contribution in [3.8, 4) is 11.5 Å². The fourth-order valence-electron chi connectivity index (χ4n) is 2.29. The van der Waals surface area contributed by atoms with Crippen molar-refractivity contribution in [3.05, 3.63) is 52.5 Å². The van der Waals surface area contributed by atoms with E-state index in [9.17, 15) is 9.59 Å². The number of rotatable bonds is 6. The molecule has 1 N–H and O–H groups in total. The van der Waals surface area contributed by atoms with Crippen LogP contribution in [0.2, 0.25) is 5.02 Å². The Morgan fingerprint density at radius 3 is 2.27 bits per heavy atom. The Morgan fingerprint density at radius 2 is 1.69 bits per heavy atom. The number of ether oxygens (including phenoxy) is 3. The highest BCUT2D eigenvalue weighted by Gasteiger charge is 2.25. The van der Waals surface area contributed by atoms with Gasteiger partial charge < -0.3 is 19.5 Å². The Labute approximate surface area is 157 Å². The van der Waals surface area contributed by atoms with Gasteiger partial charge in [0.25, 0.3) is 5.91 Å². The molecule has 1 atom stereocenters. The van der Waals surface area contributed by atoms with E-state index in [1.54, 1.807) is 36.4 Å². The molecule has 0 fully saturated rings. The van der Waals surface area contributed by atoms with Gasteiger partial charge in [-0.1, -0.05) is 23.7 Å². The second-order valence-corrected chi connectivity index (χ2v) is 5.97. The van der Waals surface area contributed by atoms with E-state index in [0.717, 1.165) is 5.56 Å². The van der Waals surface area contributed by atoms with Crippen molar-refractivity contribution in [1.29, 1.82) is 0 Å². The third kappa shape index (κ3) is 4.46. The summed E-state index contributed by atoms with van der Waals surface area (Å²) in [6.07, 6.45) is -1.03. The lowest BCUT2D eigenvalue weighted by molar-refractivity contribution is -0.123. The topological polar surface area (TPSA) is 73.9 Å². The Balaban J connectivity index is 2.14. The highest BCUT2D eigenvalue weighted by atomic mass is 35.5. The number of halogens is 1. The maximum Gasteiger partial charge on any atom is 0.346 e. The standard InChI is InChI=1S/C19H20ClNO5/c1-11-8-9-13(20)10-14(11)21-18(22)12(2)26-19(23)17-15(24-3)6-5-7-16(17)25-4/h5-10,12H,1-4H3,(H,21,22)/t12-/m1/s1. The van der Waals surface area contributed by atoms with E-state index < -0.39 is 18.0 Å². The van der Waals surface area contributed by atoms with Gasteiger partial charge in [-0.05, 0) is 43.7 Å². The molecule has 2 aromatic rings. The molecule has 138 valence electrons. The molecule has 0 aromatic heterocycles. The van der Waals surface area contributed by atoms with E-state index in [1.807, 2.05) is 6.92 Å². The first-order chi connectivity index (χ1) is 12.4. The summed E-state index contributed by atoms with van der Waals surface area (Å²) in [6.45, 7) is 3.32. The van der Waals surface area contributed by atoms with Crippen molar-refractivity contribution in [2.45, 2.75) is 20.0 Å². The van der Waals surface area contributed by atoms with E-state index in [1.165, 1.54) is 21.1 Å². The Morgan fingerprint density at radius 1 is 1.08 bits per heavy atom. The fourth-order valence-corrected chi connectivity index (χ4v) is 2.46. The number of esters is 1. The molecule has 0 aliphatic rings. The molecule has 7 heteroatoms. The van der Waals surface area contributed by atoms with Crippen LogP contribution in [-0.2, 0) is 9.53 Å². The van der Waals surface area contributed by atoms with Crippen LogP contribution in [0.1, 0.15) is 22.8 Å². The molecule has 26 heavy (non-hydrogen) atoms. The van der Waals surface area contributed by atoms with Gasteiger partial charge in [-0.3, -0.25) is 4.79 Å². The summed E-state index contributed by atoms with van der Waals surface area (Å²) in [5.74, 6) is -0.595. The van der Waals surface area contributed by atoms with Crippen LogP contribution in [0.15, 0.2) is 36.4 Å². The largest absolute Gasteiger partial charge is 0.496 e. The lowest BCUT2D eigenvalue weighted by Crippen LogP contribution is -2.30. The first-order valence-electron chi connectivity index (χ1n) is 7.86. The number of hydrogen-bond donors (Lipinski definition) is 1. The summed E-state index contributed by atoms with van der Waals surface area (Å²) >= 11 is 5.95. The number of anilines is 1. The molecule has 1 amide bonds. The minimum Gasteiger partial charge on any atom is -0.496 e. The highest BCUT2D eigenvalue weighted by molar-refractivity contribution is 6.31. The van der Waals surface area contributed by atoms with Crippen LogP contribution in [0.4, 0.5) is 5.69 Å². The zero-order chi connectivity index (χ0) is 19.3. The van der Waals surface area contributed by atoms with Crippen LogP contribution in [0.3, 0.4) is 0 Å². The summed E-state index contributed by atoms with van der Waals surface area (Å²) in [5.41, 5.74) is 1.52. The van der Waals surface area contributed by atoms with E-state index in [0.29, 0.717) is 22.2 Å². The normalized spacial score (nSPS) is 11.4. The molecule has 0 unspecified atom stereocenters. The van der Waals surface area contributed by atoms with Gasteiger partial charge >= 0.3 is 5.97 Å². The average molecular weight is 378 g/mol. The summed E-state index contributed by atoms with van der Waals surface area (Å²) in [7, 11) is 2.87. The lowest BCUT2D eigenvalue weighted by atomic mass is 10.1. The van der Waals surface area contributed by atoms with Gasteiger partial charge in [0.1, 0.15) is 17.1 Å². The number of hydrogen-bond acceptors (Lipinski definition) is 5. The molecule has 0 saturated carbocycles. The van der Waals surface area contributed by atoms with Crippen LogP contribution >= 0.6 is 11.6 Å². The maximum atomic E-state index is 12.5. The van der Waals surface area contributed by atoms with Gasteiger partial charge in [-0.2, -0.15) is 0 Å². The molecule has 2 aromatic carbocycles. The van der Waals surface area contributed by atoms with Crippen LogP contribution in [-0.4, -0.2) is 32.2 Å². The fraction of sp³-hybridized carbons (Fsp3) is 0.263. The van der Waals surface area contributed by atoms with Gasteiger partial charge in [0.05, 0.1) is 14.2 Å². The molecule has 0 heterocycles. The van der Waals surface area contributed by atoms with E-state index in [-0.39, 0.29) is 5.56 Å². The van der Waals surface area contributed by atoms with Gasteiger partial charge in [-0.15, -0.1) is 0 Å². The van der Waals surface area contributed by atoms with E-state index >= 15 is 0 Å². The number of benzene rings is 2. The minimum atomic E-state index is -1.03. The quantitative estimate of drug-likeness (QED) is 0.774. The lowest BCUT2D eigenvalue weighted by Gasteiger charge is -2.17. The number of methoxy groups -OCH3 is 2. The number of amides is 1. The highest BCUT2D eigenvalue weighted by Crippen LogP contribution is 2.29. The smallest absolute Gasteiger partial charge is 0.346 e. The third-order valence-corrected chi connectivity index (χ3v) is 3.98. The van der Waals surface area contributed by atoms with Gasteiger partial charge in [0.15, 0.2) is 6.10 Å². The minimum absolute atomic E-state index is 0.121. The molecule has 0 saturated heterocycles. The first kappa shape index (κ1) is 19.6. The van der Waals surface area contributed by atoms with Crippen molar-refractivity contribution in [2.24, 2.45) is 0 Å². The van der Waals surface area contributed by atoms with Crippen molar-refractivity contribution < 1.29 is 23.8 Å². The second kappa shape index (κ2) is 8.58. The molecular weight excluding hydrogens is 358 g/mol. The summed E-state index contributed by atoms with van der Waals surface area (Å²) in [5, 5.41) is 3.20. The predicted molar refractivity (Wildman–Crippen MR) is 99.2 cm³/mol. The van der Waals surface area contributed by atoms with Crippen LogP contribution in [0.25, 0.3) is 0 Å². The molecule has 0 aliphatic carbocycles. The molecular formula is C19H20ClNO5. The van der Waals surface area contributed by atoms with Gasteiger partial charge in [0.2, 0.25) is 0 Å². The zero-order valence-corrected chi connectivity index (χ0v) is 15.7. The Hall–Kier alpha value is -2.73. The van der Waals surface area contributed by atoms with Crippen molar-refractivity contribution in [3.63, 3.8) is 0 Å². The average Bonchev–Trinajstić information content (AvgIpc) is 2.63. The predicted octanol–water partition coefficient (Wildman–Crippen LogP) is 3.85. The molecule has 0 aliphatic heterocycles. The number of carbonyl (C=O) groups is 2. The number of nitrogens with one attached hydrogen (secondary N) is 1. The summed E-state index contributed by atoms with van der Waals surface area (Å²) in [4.78, 5) is 24.9. The third-order valence-electron chi connectivity index (χ3n) is 3.74. The monoisotopic (exact) mass is 377 g/mol. The zero-order valence-electron chi connectivity index (χ0n) is 15.0. The van der Waals surface area contributed by atoms with Gasteiger partial charge in [-0.25, -0.2) is 4.79 Å². The maximum absolute atomic E-state index is 12.5. The number of aryl methyl sites for hydroxylation is 1. The second-order valence-electron chi connectivity index (χ2n) is 5.53. The molecule has 0 spiro atoms. The summed E-state index contributed by atoms with van der Waals surface area (Å²) in [6, 6.07) is 10.1.